The summed E-state index contributed by atoms with van der Waals surface area (Å²) in [5.41, 5.74) is 13.5. The minimum absolute atomic E-state index is 0.0237. The molecule has 0 spiro atoms. The van der Waals surface area contributed by atoms with Gasteiger partial charge in [0.1, 0.15) is 16.6 Å². The molecule has 0 aromatic heterocycles. The fourth-order valence-electron chi connectivity index (χ4n) is 1.13. The molecule has 0 bridgehead atoms. The summed E-state index contributed by atoms with van der Waals surface area (Å²) in [7, 11) is 0. The number of aryl methyl sites for hydroxylation is 1. The Bertz CT molecular complexity index is 452. The molecule has 0 fully saturated rings. The molecule has 0 aliphatic rings. The van der Waals surface area contributed by atoms with E-state index in [1.54, 1.807) is 0 Å². The second-order valence-electron chi connectivity index (χ2n) is 3.13. The molecule has 1 aromatic carbocycles. The summed E-state index contributed by atoms with van der Waals surface area (Å²) in [5, 5.41) is 8.83. The van der Waals surface area contributed by atoms with Gasteiger partial charge in [-0.2, -0.15) is 5.26 Å². The van der Waals surface area contributed by atoms with Gasteiger partial charge in [-0.15, -0.1) is 0 Å². The summed E-state index contributed by atoms with van der Waals surface area (Å²) < 4.78 is 0. The van der Waals surface area contributed by atoms with Crippen LogP contribution in [-0.2, 0) is 0 Å². The van der Waals surface area contributed by atoms with E-state index >= 15 is 0 Å². The van der Waals surface area contributed by atoms with Crippen LogP contribution in [0, 0.1) is 18.3 Å². The molecule has 0 amide bonds. The molecule has 0 saturated carbocycles. The van der Waals surface area contributed by atoms with Crippen molar-refractivity contribution in [1.82, 2.24) is 0 Å². The first-order chi connectivity index (χ1) is 7.06. The van der Waals surface area contributed by atoms with E-state index in [2.05, 4.69) is 0 Å². The zero-order chi connectivity index (χ0) is 11.4. The summed E-state index contributed by atoms with van der Waals surface area (Å²) in [6.07, 6.45) is 0. The number of benzene rings is 1. The number of nitrogens with two attached hydrogens (primary N) is 2. The third-order valence-electron chi connectivity index (χ3n) is 1.99. The number of rotatable bonds is 2. The molecule has 76 valence electrons. The van der Waals surface area contributed by atoms with E-state index in [9.17, 15) is 0 Å². The molecule has 1 aromatic rings. The maximum absolute atomic E-state index is 8.83. The molecule has 0 radical (unpaired) electrons. The summed E-state index contributed by atoms with van der Waals surface area (Å²) in [4.78, 5) is 0.0237. The van der Waals surface area contributed by atoms with E-state index < -0.39 is 0 Å². The van der Waals surface area contributed by atoms with Crippen LogP contribution < -0.4 is 11.5 Å². The molecular weight excluding hydrogens is 206 g/mol. The standard InChI is InChI=1S/C11H11N3S/c1-7-2-4-8(5-3-7)10(13)9(6-12)11(14)15/h2-5H,13H2,1H3,(H2,14,15)/b10-9+. The van der Waals surface area contributed by atoms with Gasteiger partial charge in [-0.25, -0.2) is 0 Å². The Balaban J connectivity index is 3.24. The van der Waals surface area contributed by atoms with Crippen molar-refractivity contribution in [2.24, 2.45) is 11.5 Å². The molecular formula is C11H11N3S. The molecule has 15 heavy (non-hydrogen) atoms. The molecule has 4 heteroatoms. The van der Waals surface area contributed by atoms with Crippen LogP contribution in [-0.4, -0.2) is 4.99 Å². The Kier molecular flexibility index (Phi) is 3.42. The second kappa shape index (κ2) is 4.58. The first-order valence-electron chi connectivity index (χ1n) is 4.33. The average molecular weight is 217 g/mol. The van der Waals surface area contributed by atoms with Gasteiger partial charge in [0.15, 0.2) is 0 Å². The predicted molar refractivity (Wildman–Crippen MR) is 64.7 cm³/mol. The van der Waals surface area contributed by atoms with Crippen LogP contribution in [0.15, 0.2) is 29.8 Å². The third-order valence-corrected chi connectivity index (χ3v) is 2.19. The van der Waals surface area contributed by atoms with Gasteiger partial charge < -0.3 is 11.5 Å². The Morgan fingerprint density at radius 2 is 1.80 bits per heavy atom. The first kappa shape index (κ1) is 11.2. The number of hydrogen-bond donors (Lipinski definition) is 2. The van der Waals surface area contributed by atoms with Gasteiger partial charge in [0.25, 0.3) is 0 Å². The average Bonchev–Trinajstić information content (AvgIpc) is 2.19. The Hall–Kier alpha value is -1.86. The molecule has 0 saturated heterocycles. The molecule has 0 aliphatic heterocycles. The van der Waals surface area contributed by atoms with Gasteiger partial charge >= 0.3 is 0 Å². The highest BCUT2D eigenvalue weighted by atomic mass is 32.1. The van der Waals surface area contributed by atoms with Crippen molar-refractivity contribution in [1.29, 1.82) is 5.26 Å². The number of hydrogen-bond acceptors (Lipinski definition) is 3. The van der Waals surface area contributed by atoms with Crippen LogP contribution in [0.2, 0.25) is 0 Å². The SMILES string of the molecule is Cc1ccc(/C(N)=C(/C#N)C(N)=S)cc1. The van der Waals surface area contributed by atoms with Gasteiger partial charge in [-0.05, 0) is 12.5 Å². The highest BCUT2D eigenvalue weighted by Gasteiger charge is 2.07. The lowest BCUT2D eigenvalue weighted by molar-refractivity contribution is 1.42. The molecule has 1 rings (SSSR count). The van der Waals surface area contributed by atoms with E-state index in [0.29, 0.717) is 5.70 Å². The molecule has 0 aliphatic carbocycles. The summed E-state index contributed by atoms with van der Waals surface area (Å²) >= 11 is 4.74. The Labute approximate surface area is 94.0 Å². The highest BCUT2D eigenvalue weighted by molar-refractivity contribution is 7.80. The normalized spacial score (nSPS) is 11.5. The number of nitriles is 1. The smallest absolute Gasteiger partial charge is 0.116 e. The number of thiocarbonyl (C=S) groups is 1. The highest BCUT2D eigenvalue weighted by Crippen LogP contribution is 2.14. The largest absolute Gasteiger partial charge is 0.397 e. The van der Waals surface area contributed by atoms with Crippen molar-refractivity contribution < 1.29 is 0 Å². The summed E-state index contributed by atoms with van der Waals surface area (Å²) in [6, 6.07) is 9.40. The van der Waals surface area contributed by atoms with Crippen LogP contribution in [0.1, 0.15) is 11.1 Å². The summed E-state index contributed by atoms with van der Waals surface area (Å²) in [5.74, 6) is 0. The predicted octanol–water partition coefficient (Wildman–Crippen LogP) is 1.47. The van der Waals surface area contributed by atoms with Gasteiger partial charge in [-0.3, -0.25) is 0 Å². The molecule has 0 atom stereocenters. The Morgan fingerprint density at radius 3 is 2.20 bits per heavy atom. The van der Waals surface area contributed by atoms with Gasteiger partial charge in [0.05, 0.1) is 5.70 Å². The van der Waals surface area contributed by atoms with Crippen LogP contribution in [0.5, 0.6) is 0 Å². The van der Waals surface area contributed by atoms with E-state index in [4.69, 9.17) is 28.9 Å². The van der Waals surface area contributed by atoms with Crippen molar-refractivity contribution in [2.45, 2.75) is 6.92 Å². The van der Waals surface area contributed by atoms with Crippen LogP contribution in [0.4, 0.5) is 0 Å². The van der Waals surface area contributed by atoms with E-state index in [0.717, 1.165) is 11.1 Å². The van der Waals surface area contributed by atoms with E-state index in [1.165, 1.54) is 0 Å². The summed E-state index contributed by atoms with van der Waals surface area (Å²) in [6.45, 7) is 1.97. The molecule has 4 N–H and O–H groups in total. The molecule has 0 heterocycles. The molecule has 0 unspecified atom stereocenters. The zero-order valence-electron chi connectivity index (χ0n) is 8.32. The van der Waals surface area contributed by atoms with Gasteiger partial charge in [0, 0.05) is 0 Å². The van der Waals surface area contributed by atoms with Crippen LogP contribution >= 0.6 is 12.2 Å². The Morgan fingerprint density at radius 1 is 1.27 bits per heavy atom. The van der Waals surface area contributed by atoms with Crippen molar-refractivity contribution in [3.05, 3.63) is 41.0 Å². The minimum Gasteiger partial charge on any atom is -0.397 e. The minimum atomic E-state index is 0.0237. The van der Waals surface area contributed by atoms with Crippen molar-refractivity contribution in [3.8, 4) is 6.07 Å². The maximum atomic E-state index is 8.83. The van der Waals surface area contributed by atoms with Gasteiger partial charge in [0.2, 0.25) is 0 Å². The zero-order valence-corrected chi connectivity index (χ0v) is 9.14. The van der Waals surface area contributed by atoms with Gasteiger partial charge in [-0.1, -0.05) is 42.0 Å². The number of nitrogens with zero attached hydrogens (tertiary/aromatic N) is 1. The lowest BCUT2D eigenvalue weighted by atomic mass is 10.1. The fourth-order valence-corrected chi connectivity index (χ4v) is 1.28. The third kappa shape index (κ3) is 2.55. The van der Waals surface area contributed by atoms with Crippen LogP contribution in [0.3, 0.4) is 0 Å². The maximum Gasteiger partial charge on any atom is 0.116 e. The monoisotopic (exact) mass is 217 g/mol. The lowest BCUT2D eigenvalue weighted by Crippen LogP contribution is -2.15. The molecule has 3 nitrogen and oxygen atoms in total. The van der Waals surface area contributed by atoms with Crippen molar-refractivity contribution >= 4 is 22.9 Å². The van der Waals surface area contributed by atoms with E-state index in [1.807, 2.05) is 37.3 Å². The fraction of sp³-hybridized carbons (Fsp3) is 0.0909. The van der Waals surface area contributed by atoms with E-state index in [-0.39, 0.29) is 10.6 Å². The first-order valence-corrected chi connectivity index (χ1v) is 4.73. The van der Waals surface area contributed by atoms with Crippen LogP contribution in [0.25, 0.3) is 5.70 Å². The second-order valence-corrected chi connectivity index (χ2v) is 3.57. The van der Waals surface area contributed by atoms with Crippen molar-refractivity contribution in [3.63, 3.8) is 0 Å². The lowest BCUT2D eigenvalue weighted by Gasteiger charge is -2.04. The quantitative estimate of drug-likeness (QED) is 0.447. The topological polar surface area (TPSA) is 75.8 Å². The van der Waals surface area contributed by atoms with Crippen molar-refractivity contribution in [2.75, 3.05) is 0 Å².